The van der Waals surface area contributed by atoms with E-state index in [4.69, 9.17) is 49.4 Å². The number of halogens is 3. The Morgan fingerprint density at radius 3 is 2.39 bits per heavy atom. The van der Waals surface area contributed by atoms with E-state index in [-0.39, 0.29) is 28.3 Å². The van der Waals surface area contributed by atoms with Crippen LogP contribution < -0.4 is 19.2 Å². The number of anilines is 1. The molecule has 0 bridgehead atoms. The lowest BCUT2D eigenvalue weighted by molar-refractivity contribution is 0.340. The third kappa shape index (κ3) is 5.90. The monoisotopic (exact) mass is 567 g/mol. The summed E-state index contributed by atoms with van der Waals surface area (Å²) in [5.74, 6) is 0.960. The Balaban J connectivity index is 1.62. The molecule has 0 saturated carbocycles. The third-order valence-electron chi connectivity index (χ3n) is 5.59. The first-order chi connectivity index (χ1) is 17.2. The van der Waals surface area contributed by atoms with E-state index >= 15 is 0 Å². The van der Waals surface area contributed by atoms with E-state index in [1.807, 2.05) is 31.2 Å². The van der Waals surface area contributed by atoms with Crippen LogP contribution in [-0.2, 0) is 10.0 Å². The first-order valence-electron chi connectivity index (χ1n) is 11.1. The van der Waals surface area contributed by atoms with Gasteiger partial charge in [-0.3, -0.25) is 5.01 Å². The number of rotatable bonds is 9. The molecule has 0 aliphatic carbocycles. The minimum absolute atomic E-state index is 0.00671. The van der Waals surface area contributed by atoms with Gasteiger partial charge in [0.25, 0.3) is 0 Å². The third-order valence-corrected chi connectivity index (χ3v) is 7.78. The van der Waals surface area contributed by atoms with Crippen LogP contribution in [0.1, 0.15) is 24.9 Å². The van der Waals surface area contributed by atoms with Crippen molar-refractivity contribution in [2.24, 2.45) is 5.10 Å². The molecular weight excluding hydrogens is 545 g/mol. The number of nitrogens with zero attached hydrogens (tertiary/aromatic N) is 2. The fourth-order valence-corrected chi connectivity index (χ4v) is 5.84. The standard InChI is InChI=1S/C25H24Cl3N3O4S/c1-3-35-20-8-4-16(5-9-20)23-14-19(30-31(23)22-10-6-17(26)12-21(22)28)15-29-36(32,33)25-13-18(27)7-11-24(25)34-2/h4-13,23,29H,3,14-15H2,1-2H3. The SMILES string of the molecule is CCOc1ccc(C2CC(CNS(=O)(=O)c3cc(Cl)ccc3OC)=NN2c2ccc(Cl)cc2Cl)cc1. The Labute approximate surface area is 225 Å². The summed E-state index contributed by atoms with van der Waals surface area (Å²) in [6.07, 6.45) is 0.474. The molecule has 1 N–H and O–H groups in total. The van der Waals surface area contributed by atoms with Gasteiger partial charge in [-0.2, -0.15) is 5.10 Å². The highest BCUT2D eigenvalue weighted by Gasteiger charge is 2.31. The Morgan fingerprint density at radius 1 is 1.03 bits per heavy atom. The van der Waals surface area contributed by atoms with Crippen molar-refractivity contribution in [3.05, 3.63) is 81.3 Å². The maximum atomic E-state index is 13.0. The molecule has 1 aliphatic heterocycles. The Morgan fingerprint density at radius 2 is 1.72 bits per heavy atom. The lowest BCUT2D eigenvalue weighted by Gasteiger charge is -2.25. The van der Waals surface area contributed by atoms with Gasteiger partial charge in [0.15, 0.2) is 0 Å². The molecule has 1 atom stereocenters. The molecule has 36 heavy (non-hydrogen) atoms. The summed E-state index contributed by atoms with van der Waals surface area (Å²) in [5.41, 5.74) is 2.27. The van der Waals surface area contributed by atoms with Crippen LogP contribution in [-0.4, -0.2) is 34.4 Å². The Bertz CT molecular complexity index is 1380. The van der Waals surface area contributed by atoms with Gasteiger partial charge in [-0.15, -0.1) is 0 Å². The number of hydrogen-bond donors (Lipinski definition) is 1. The molecule has 0 fully saturated rings. The van der Waals surface area contributed by atoms with Gasteiger partial charge in [-0.25, -0.2) is 13.1 Å². The highest BCUT2D eigenvalue weighted by Crippen LogP contribution is 2.40. The van der Waals surface area contributed by atoms with Gasteiger partial charge in [0.1, 0.15) is 16.4 Å². The van der Waals surface area contributed by atoms with E-state index in [9.17, 15) is 8.42 Å². The van der Waals surface area contributed by atoms with Gasteiger partial charge in [-0.05, 0) is 61.0 Å². The molecule has 0 aromatic heterocycles. The lowest BCUT2D eigenvalue weighted by Crippen LogP contribution is -2.29. The van der Waals surface area contributed by atoms with Crippen molar-refractivity contribution in [2.75, 3.05) is 25.3 Å². The summed E-state index contributed by atoms with van der Waals surface area (Å²) < 4.78 is 39.5. The Hall–Kier alpha value is -2.49. The van der Waals surface area contributed by atoms with Gasteiger partial charge in [0, 0.05) is 16.5 Å². The molecule has 4 rings (SSSR count). The van der Waals surface area contributed by atoms with Gasteiger partial charge >= 0.3 is 0 Å². The maximum Gasteiger partial charge on any atom is 0.244 e. The van der Waals surface area contributed by atoms with Crippen molar-refractivity contribution >= 4 is 56.2 Å². The minimum Gasteiger partial charge on any atom is -0.495 e. The number of hydrazone groups is 1. The molecule has 7 nitrogen and oxygen atoms in total. The average molecular weight is 569 g/mol. The zero-order valence-corrected chi connectivity index (χ0v) is 22.6. The fourth-order valence-electron chi connectivity index (χ4n) is 3.90. The largest absolute Gasteiger partial charge is 0.495 e. The molecule has 1 unspecified atom stereocenters. The zero-order chi connectivity index (χ0) is 25.9. The maximum absolute atomic E-state index is 13.0. The number of sulfonamides is 1. The van der Waals surface area contributed by atoms with Gasteiger partial charge in [0.2, 0.25) is 10.0 Å². The van der Waals surface area contributed by atoms with Crippen molar-refractivity contribution in [1.82, 2.24) is 4.72 Å². The van der Waals surface area contributed by atoms with E-state index in [0.29, 0.717) is 34.5 Å². The zero-order valence-electron chi connectivity index (χ0n) is 19.5. The second-order valence-corrected chi connectivity index (χ2v) is 11.0. The molecule has 11 heteroatoms. The van der Waals surface area contributed by atoms with Crippen LogP contribution in [0.2, 0.25) is 15.1 Å². The fraction of sp³-hybridized carbons (Fsp3) is 0.240. The second-order valence-electron chi connectivity index (χ2n) is 7.95. The quantitative estimate of drug-likeness (QED) is 0.326. The second kappa shape index (κ2) is 11.3. The predicted octanol–water partition coefficient (Wildman–Crippen LogP) is 6.34. The normalized spacial score (nSPS) is 15.6. The van der Waals surface area contributed by atoms with Gasteiger partial charge in [-0.1, -0.05) is 46.9 Å². The number of hydrogen-bond acceptors (Lipinski definition) is 6. The van der Waals surface area contributed by atoms with Crippen molar-refractivity contribution in [2.45, 2.75) is 24.3 Å². The molecule has 0 saturated heterocycles. The summed E-state index contributed by atoms with van der Waals surface area (Å²) in [6, 6.07) is 17.1. The molecule has 3 aromatic carbocycles. The van der Waals surface area contributed by atoms with Crippen LogP contribution >= 0.6 is 34.8 Å². The van der Waals surface area contributed by atoms with Gasteiger partial charge in [0.05, 0.1) is 42.7 Å². The van der Waals surface area contributed by atoms with Crippen LogP contribution in [0.5, 0.6) is 11.5 Å². The summed E-state index contributed by atoms with van der Waals surface area (Å²) in [4.78, 5) is -0.0447. The van der Waals surface area contributed by atoms with E-state index in [2.05, 4.69) is 4.72 Å². The van der Waals surface area contributed by atoms with Crippen molar-refractivity contribution < 1.29 is 17.9 Å². The molecule has 0 amide bonds. The van der Waals surface area contributed by atoms with E-state index in [1.165, 1.54) is 19.2 Å². The van der Waals surface area contributed by atoms with Crippen LogP contribution in [0, 0.1) is 0 Å². The summed E-state index contributed by atoms with van der Waals surface area (Å²) in [7, 11) is -2.52. The van der Waals surface area contributed by atoms with Crippen molar-refractivity contribution in [1.29, 1.82) is 0 Å². The highest BCUT2D eigenvalue weighted by atomic mass is 35.5. The van der Waals surface area contributed by atoms with Crippen LogP contribution in [0.25, 0.3) is 0 Å². The van der Waals surface area contributed by atoms with E-state index in [0.717, 1.165) is 11.3 Å². The van der Waals surface area contributed by atoms with E-state index in [1.54, 1.807) is 29.3 Å². The van der Waals surface area contributed by atoms with Crippen molar-refractivity contribution in [3.8, 4) is 11.5 Å². The van der Waals surface area contributed by atoms with E-state index < -0.39 is 10.0 Å². The number of methoxy groups -OCH3 is 1. The molecule has 1 aliphatic rings. The van der Waals surface area contributed by atoms with Crippen LogP contribution in [0.4, 0.5) is 5.69 Å². The first kappa shape index (κ1) is 26.6. The Kier molecular flexibility index (Phi) is 8.32. The number of benzene rings is 3. The molecule has 0 radical (unpaired) electrons. The lowest BCUT2D eigenvalue weighted by atomic mass is 10.0. The first-order valence-corrected chi connectivity index (χ1v) is 13.7. The van der Waals surface area contributed by atoms with Crippen LogP contribution in [0.15, 0.2) is 70.7 Å². The molecule has 3 aromatic rings. The van der Waals surface area contributed by atoms with Crippen LogP contribution in [0.3, 0.4) is 0 Å². The summed E-state index contributed by atoms with van der Waals surface area (Å²) in [5, 5.41) is 7.75. The topological polar surface area (TPSA) is 80.2 Å². The number of ether oxygens (including phenoxy) is 2. The smallest absolute Gasteiger partial charge is 0.244 e. The average Bonchev–Trinajstić information content (AvgIpc) is 3.27. The molecule has 0 spiro atoms. The van der Waals surface area contributed by atoms with Crippen molar-refractivity contribution in [3.63, 3.8) is 0 Å². The number of nitrogens with one attached hydrogen (secondary N) is 1. The molecule has 1 heterocycles. The molecule has 190 valence electrons. The summed E-state index contributed by atoms with van der Waals surface area (Å²) >= 11 is 18.6. The minimum atomic E-state index is -3.92. The highest BCUT2D eigenvalue weighted by molar-refractivity contribution is 7.89. The van der Waals surface area contributed by atoms with Gasteiger partial charge < -0.3 is 9.47 Å². The predicted molar refractivity (Wildman–Crippen MR) is 145 cm³/mol. The molecular formula is C25H24Cl3N3O4S. The summed E-state index contributed by atoms with van der Waals surface area (Å²) in [6.45, 7) is 2.49.